The molecule has 1 saturated heterocycles. The number of nitrogens with one attached hydrogen (secondary N) is 1. The summed E-state index contributed by atoms with van der Waals surface area (Å²) in [6.07, 6.45) is 5.14. The van der Waals surface area contributed by atoms with Crippen LogP contribution in [-0.4, -0.2) is 41.1 Å². The molecule has 0 saturated carbocycles. The molecule has 1 fully saturated rings. The van der Waals surface area contributed by atoms with Crippen LogP contribution in [0.2, 0.25) is 0 Å². The molecule has 5 heteroatoms. The molecule has 17 heavy (non-hydrogen) atoms. The van der Waals surface area contributed by atoms with Crippen molar-refractivity contribution in [1.29, 1.82) is 0 Å². The van der Waals surface area contributed by atoms with Gasteiger partial charge in [-0.2, -0.15) is 0 Å². The monoisotopic (exact) mass is 258 g/mol. The van der Waals surface area contributed by atoms with Gasteiger partial charge in [0.1, 0.15) is 5.82 Å². The Labute approximate surface area is 110 Å². The van der Waals surface area contributed by atoms with Crippen molar-refractivity contribution in [2.24, 2.45) is 12.5 Å². The Balaban J connectivity index is 0.00000144. The fraction of sp³-hybridized carbons (Fsp3) is 0.750. The highest BCUT2D eigenvalue weighted by Gasteiger charge is 2.29. The quantitative estimate of drug-likeness (QED) is 0.883. The van der Waals surface area contributed by atoms with Gasteiger partial charge in [-0.1, -0.05) is 6.92 Å². The first kappa shape index (κ1) is 14.5. The zero-order valence-electron chi connectivity index (χ0n) is 10.9. The molecule has 0 bridgehead atoms. The Morgan fingerprint density at radius 2 is 2.35 bits per heavy atom. The van der Waals surface area contributed by atoms with Gasteiger partial charge in [-0.15, -0.1) is 12.4 Å². The minimum absolute atomic E-state index is 0. The van der Waals surface area contributed by atoms with Crippen LogP contribution in [0.1, 0.15) is 19.2 Å². The second-order valence-corrected chi connectivity index (χ2v) is 5.36. The molecular formula is C12H23ClN4. The van der Waals surface area contributed by atoms with E-state index in [1.54, 1.807) is 0 Å². The number of imidazole rings is 1. The number of aryl methyl sites for hydroxylation is 1. The number of rotatable bonds is 4. The van der Waals surface area contributed by atoms with Gasteiger partial charge in [0.2, 0.25) is 0 Å². The van der Waals surface area contributed by atoms with E-state index < -0.39 is 0 Å². The minimum Gasteiger partial charge on any atom is -0.337 e. The van der Waals surface area contributed by atoms with Gasteiger partial charge in [-0.3, -0.25) is 4.90 Å². The van der Waals surface area contributed by atoms with E-state index in [0.29, 0.717) is 5.41 Å². The summed E-state index contributed by atoms with van der Waals surface area (Å²) in [5, 5.41) is 3.44. The SMILES string of the molecule is CN(Cc1nccn1C)CC1(C)CCNC1.Cl. The molecule has 0 amide bonds. The predicted molar refractivity (Wildman–Crippen MR) is 72.4 cm³/mol. The maximum atomic E-state index is 4.36. The van der Waals surface area contributed by atoms with Crippen molar-refractivity contribution >= 4 is 12.4 Å². The third-order valence-electron chi connectivity index (χ3n) is 3.44. The predicted octanol–water partition coefficient (Wildman–Crippen LogP) is 1.27. The lowest BCUT2D eigenvalue weighted by Gasteiger charge is -2.28. The van der Waals surface area contributed by atoms with Crippen LogP contribution in [0.25, 0.3) is 0 Å². The van der Waals surface area contributed by atoms with Crippen molar-refractivity contribution in [2.75, 3.05) is 26.7 Å². The maximum Gasteiger partial charge on any atom is 0.122 e. The van der Waals surface area contributed by atoms with Crippen molar-refractivity contribution in [3.05, 3.63) is 18.2 Å². The molecule has 0 aliphatic carbocycles. The fourth-order valence-electron chi connectivity index (χ4n) is 2.50. The third kappa shape index (κ3) is 3.69. The Morgan fingerprint density at radius 1 is 1.59 bits per heavy atom. The highest BCUT2D eigenvalue weighted by Crippen LogP contribution is 2.25. The molecule has 1 aromatic heterocycles. The van der Waals surface area contributed by atoms with Crippen LogP contribution < -0.4 is 5.32 Å². The van der Waals surface area contributed by atoms with Gasteiger partial charge in [0.25, 0.3) is 0 Å². The highest BCUT2D eigenvalue weighted by atomic mass is 35.5. The maximum absolute atomic E-state index is 4.36. The van der Waals surface area contributed by atoms with Crippen LogP contribution in [0.4, 0.5) is 0 Å². The average molecular weight is 259 g/mol. The van der Waals surface area contributed by atoms with Gasteiger partial charge in [-0.25, -0.2) is 4.98 Å². The summed E-state index contributed by atoms with van der Waals surface area (Å²) in [6.45, 7) is 6.72. The molecule has 1 aromatic rings. The molecule has 2 rings (SSSR count). The van der Waals surface area contributed by atoms with E-state index in [1.807, 2.05) is 12.4 Å². The molecule has 98 valence electrons. The molecule has 0 spiro atoms. The number of nitrogens with zero attached hydrogens (tertiary/aromatic N) is 3. The second kappa shape index (κ2) is 5.85. The van der Waals surface area contributed by atoms with Crippen LogP contribution in [0.3, 0.4) is 0 Å². The molecule has 0 aromatic carbocycles. The topological polar surface area (TPSA) is 33.1 Å². The lowest BCUT2D eigenvalue weighted by atomic mass is 9.89. The molecule has 0 radical (unpaired) electrons. The van der Waals surface area contributed by atoms with Gasteiger partial charge in [0, 0.05) is 32.5 Å². The minimum atomic E-state index is 0. The van der Waals surface area contributed by atoms with Gasteiger partial charge in [-0.05, 0) is 25.4 Å². The zero-order valence-corrected chi connectivity index (χ0v) is 11.8. The van der Waals surface area contributed by atoms with E-state index in [-0.39, 0.29) is 12.4 Å². The largest absolute Gasteiger partial charge is 0.337 e. The first-order valence-electron chi connectivity index (χ1n) is 5.95. The summed E-state index contributed by atoms with van der Waals surface area (Å²) in [5.74, 6) is 1.14. The molecule has 1 aliphatic rings. The Morgan fingerprint density at radius 3 is 2.88 bits per heavy atom. The lowest BCUT2D eigenvalue weighted by Crippen LogP contribution is -2.35. The molecule has 2 heterocycles. The van der Waals surface area contributed by atoms with Crippen LogP contribution in [0, 0.1) is 5.41 Å². The number of aromatic nitrogens is 2. The Hall–Kier alpha value is -0.580. The van der Waals surface area contributed by atoms with Crippen LogP contribution in [0.5, 0.6) is 0 Å². The van der Waals surface area contributed by atoms with Crippen LogP contribution in [0.15, 0.2) is 12.4 Å². The van der Waals surface area contributed by atoms with Crippen LogP contribution >= 0.6 is 12.4 Å². The molecule has 1 N–H and O–H groups in total. The summed E-state index contributed by atoms with van der Waals surface area (Å²) < 4.78 is 2.09. The Kier molecular flexibility index (Phi) is 4.98. The number of hydrogen-bond acceptors (Lipinski definition) is 3. The lowest BCUT2D eigenvalue weighted by molar-refractivity contribution is 0.199. The van der Waals surface area contributed by atoms with Crippen molar-refractivity contribution in [2.45, 2.75) is 19.9 Å². The molecule has 1 atom stereocenters. The van der Waals surface area contributed by atoms with E-state index in [4.69, 9.17) is 0 Å². The zero-order chi connectivity index (χ0) is 11.6. The first-order valence-corrected chi connectivity index (χ1v) is 5.95. The molecule has 1 unspecified atom stereocenters. The fourth-order valence-corrected chi connectivity index (χ4v) is 2.50. The van der Waals surface area contributed by atoms with Gasteiger partial charge in [0.15, 0.2) is 0 Å². The van der Waals surface area contributed by atoms with E-state index >= 15 is 0 Å². The Bertz CT molecular complexity index is 344. The smallest absolute Gasteiger partial charge is 0.122 e. The van der Waals surface area contributed by atoms with Crippen molar-refractivity contribution in [3.63, 3.8) is 0 Å². The van der Waals surface area contributed by atoms with Gasteiger partial charge < -0.3 is 9.88 Å². The summed E-state index contributed by atoms with van der Waals surface area (Å²) >= 11 is 0. The van der Waals surface area contributed by atoms with E-state index in [2.05, 4.69) is 40.8 Å². The molecular weight excluding hydrogens is 236 g/mol. The summed E-state index contributed by atoms with van der Waals surface area (Å²) in [5.41, 5.74) is 0.430. The van der Waals surface area contributed by atoms with Crippen molar-refractivity contribution in [1.82, 2.24) is 19.8 Å². The van der Waals surface area contributed by atoms with E-state index in [9.17, 15) is 0 Å². The van der Waals surface area contributed by atoms with Crippen molar-refractivity contribution < 1.29 is 0 Å². The molecule has 4 nitrogen and oxygen atoms in total. The summed E-state index contributed by atoms with van der Waals surface area (Å²) in [7, 11) is 4.23. The highest BCUT2D eigenvalue weighted by molar-refractivity contribution is 5.85. The first-order chi connectivity index (χ1) is 7.59. The standard InChI is InChI=1S/C12H22N4.ClH/c1-12(4-5-13-9-12)10-15(2)8-11-14-6-7-16(11)3;/h6-7,13H,4-5,8-10H2,1-3H3;1H. The third-order valence-corrected chi connectivity index (χ3v) is 3.44. The summed E-state index contributed by atoms with van der Waals surface area (Å²) in [4.78, 5) is 6.73. The van der Waals surface area contributed by atoms with Crippen molar-refractivity contribution in [3.8, 4) is 0 Å². The average Bonchev–Trinajstić information content (AvgIpc) is 2.77. The van der Waals surface area contributed by atoms with Crippen LogP contribution in [-0.2, 0) is 13.6 Å². The van der Waals surface area contributed by atoms with E-state index in [0.717, 1.165) is 32.0 Å². The number of halogens is 1. The van der Waals surface area contributed by atoms with Gasteiger partial charge in [0.05, 0.1) is 6.54 Å². The molecule has 1 aliphatic heterocycles. The van der Waals surface area contributed by atoms with E-state index in [1.165, 1.54) is 6.42 Å². The normalized spacial score (nSPS) is 24.0. The second-order valence-electron chi connectivity index (χ2n) is 5.36. The van der Waals surface area contributed by atoms with Gasteiger partial charge >= 0.3 is 0 Å². The number of hydrogen-bond donors (Lipinski definition) is 1. The summed E-state index contributed by atoms with van der Waals surface area (Å²) in [6, 6.07) is 0.